The van der Waals surface area contributed by atoms with Crippen molar-refractivity contribution in [1.82, 2.24) is 14.5 Å². The monoisotopic (exact) mass is 402 g/mol. The Morgan fingerprint density at radius 3 is 2.63 bits per heavy atom. The number of para-hydroxylation sites is 3. The van der Waals surface area contributed by atoms with Crippen LogP contribution in [0.25, 0.3) is 16.7 Å². The van der Waals surface area contributed by atoms with Gasteiger partial charge in [-0.05, 0) is 37.1 Å². The zero-order chi connectivity index (χ0) is 20.8. The van der Waals surface area contributed by atoms with Gasteiger partial charge in [0.05, 0.1) is 23.5 Å². The number of amides is 1. The van der Waals surface area contributed by atoms with E-state index in [1.54, 1.807) is 0 Å². The maximum Gasteiger partial charge on any atom is 0.223 e. The molecule has 154 valence electrons. The molecular weight excluding hydrogens is 376 g/mol. The summed E-state index contributed by atoms with van der Waals surface area (Å²) in [5.41, 5.74) is 3.01. The first-order chi connectivity index (χ1) is 14.8. The van der Waals surface area contributed by atoms with Crippen molar-refractivity contribution >= 4 is 16.9 Å². The van der Waals surface area contributed by atoms with E-state index in [1.165, 1.54) is 0 Å². The zero-order valence-electron chi connectivity index (χ0n) is 17.0. The van der Waals surface area contributed by atoms with E-state index in [2.05, 4.69) is 28.8 Å². The number of hydrogen-bond acceptors (Lipinski definition) is 4. The van der Waals surface area contributed by atoms with Crippen molar-refractivity contribution in [2.75, 3.05) is 19.8 Å². The molecule has 2 aromatic carbocycles. The van der Waals surface area contributed by atoms with Crippen molar-refractivity contribution in [1.29, 1.82) is 5.26 Å². The normalized spacial score (nSPS) is 14.5. The van der Waals surface area contributed by atoms with Crippen LogP contribution in [-0.2, 0) is 16.0 Å². The van der Waals surface area contributed by atoms with Crippen LogP contribution in [0.15, 0.2) is 54.6 Å². The fraction of sp³-hybridized carbons (Fsp3) is 0.375. The molecule has 3 aromatic rings. The molecule has 0 saturated carbocycles. The molecule has 6 nitrogen and oxygen atoms in total. The van der Waals surface area contributed by atoms with Gasteiger partial charge in [-0.15, -0.1) is 0 Å². The lowest BCUT2D eigenvalue weighted by molar-refractivity contribution is -0.135. The summed E-state index contributed by atoms with van der Waals surface area (Å²) >= 11 is 0. The number of benzene rings is 2. The molecule has 1 aromatic heterocycles. The number of aryl methyl sites for hydroxylation is 1. The Balaban J connectivity index is 1.56. The molecule has 30 heavy (non-hydrogen) atoms. The van der Waals surface area contributed by atoms with E-state index in [0.717, 1.165) is 35.4 Å². The second kappa shape index (κ2) is 9.55. The summed E-state index contributed by atoms with van der Waals surface area (Å²) in [4.78, 5) is 19.8. The van der Waals surface area contributed by atoms with Gasteiger partial charge in [0.15, 0.2) is 0 Å². The standard InChI is InChI=1S/C24H26N4O2/c25-15-6-16-27(19-13-17-30-18-14-19)24(29)12-11-23-26-21-9-4-5-10-22(21)28(23)20-7-2-1-3-8-20/h1-5,7-10,19H,6,11-14,16-18H2. The second-order valence-corrected chi connectivity index (χ2v) is 7.53. The van der Waals surface area contributed by atoms with Crippen LogP contribution in [0.4, 0.5) is 0 Å². The highest BCUT2D eigenvalue weighted by Crippen LogP contribution is 2.23. The second-order valence-electron chi connectivity index (χ2n) is 7.53. The maximum atomic E-state index is 13.1. The first-order valence-corrected chi connectivity index (χ1v) is 10.5. The van der Waals surface area contributed by atoms with Gasteiger partial charge in [-0.1, -0.05) is 30.3 Å². The summed E-state index contributed by atoms with van der Waals surface area (Å²) in [7, 11) is 0. The summed E-state index contributed by atoms with van der Waals surface area (Å²) in [6.45, 7) is 1.82. The molecule has 4 rings (SSSR count). The molecule has 1 amide bonds. The van der Waals surface area contributed by atoms with Crippen LogP contribution in [-0.4, -0.2) is 46.2 Å². The lowest BCUT2D eigenvalue weighted by Gasteiger charge is -2.34. The Labute approximate surface area is 176 Å². The van der Waals surface area contributed by atoms with Crippen LogP contribution in [0.2, 0.25) is 0 Å². The predicted octanol–water partition coefficient (Wildman–Crippen LogP) is 3.88. The number of carbonyl (C=O) groups is 1. The van der Waals surface area contributed by atoms with Crippen LogP contribution >= 0.6 is 0 Å². The van der Waals surface area contributed by atoms with E-state index in [-0.39, 0.29) is 11.9 Å². The number of hydrogen-bond donors (Lipinski definition) is 0. The van der Waals surface area contributed by atoms with Crippen LogP contribution in [0, 0.1) is 11.3 Å². The Hall–Kier alpha value is -3.17. The van der Waals surface area contributed by atoms with Crippen LogP contribution in [0.5, 0.6) is 0 Å². The van der Waals surface area contributed by atoms with E-state index in [0.29, 0.717) is 39.0 Å². The number of carbonyl (C=O) groups excluding carboxylic acids is 1. The number of nitriles is 1. The lowest BCUT2D eigenvalue weighted by Crippen LogP contribution is -2.44. The molecule has 0 N–H and O–H groups in total. The van der Waals surface area contributed by atoms with Gasteiger partial charge in [-0.25, -0.2) is 4.98 Å². The summed E-state index contributed by atoms with van der Waals surface area (Å²) in [5, 5.41) is 9.02. The summed E-state index contributed by atoms with van der Waals surface area (Å²) in [5.74, 6) is 0.965. The molecular formula is C24H26N4O2. The molecule has 0 bridgehead atoms. The van der Waals surface area contributed by atoms with Gasteiger partial charge in [0, 0.05) is 44.3 Å². The minimum atomic E-state index is 0.0869. The van der Waals surface area contributed by atoms with Gasteiger partial charge in [0.2, 0.25) is 5.91 Å². The topological polar surface area (TPSA) is 71.2 Å². The van der Waals surface area contributed by atoms with E-state index < -0.39 is 0 Å². The molecule has 0 unspecified atom stereocenters. The molecule has 0 radical (unpaired) electrons. The quantitative estimate of drug-likeness (QED) is 0.601. The SMILES string of the molecule is N#CCCN(C(=O)CCc1nc2ccccc2n1-c1ccccc1)C1CCOCC1. The highest BCUT2D eigenvalue weighted by Gasteiger charge is 2.25. The number of rotatable bonds is 7. The lowest BCUT2D eigenvalue weighted by atomic mass is 10.1. The van der Waals surface area contributed by atoms with Crippen molar-refractivity contribution in [2.24, 2.45) is 0 Å². The number of ether oxygens (including phenoxy) is 1. The minimum absolute atomic E-state index is 0.0869. The van der Waals surface area contributed by atoms with Gasteiger partial charge < -0.3 is 9.64 Å². The fourth-order valence-corrected chi connectivity index (χ4v) is 4.15. The van der Waals surface area contributed by atoms with Gasteiger partial charge in [-0.3, -0.25) is 9.36 Å². The zero-order valence-corrected chi connectivity index (χ0v) is 17.0. The first-order valence-electron chi connectivity index (χ1n) is 10.5. The van der Waals surface area contributed by atoms with Crippen molar-refractivity contribution < 1.29 is 9.53 Å². The van der Waals surface area contributed by atoms with Crippen molar-refractivity contribution in [3.05, 3.63) is 60.4 Å². The van der Waals surface area contributed by atoms with E-state index in [4.69, 9.17) is 15.0 Å². The van der Waals surface area contributed by atoms with E-state index >= 15 is 0 Å². The van der Waals surface area contributed by atoms with Crippen molar-refractivity contribution in [3.63, 3.8) is 0 Å². The van der Waals surface area contributed by atoms with Crippen molar-refractivity contribution in [2.45, 2.75) is 38.1 Å². The highest BCUT2D eigenvalue weighted by molar-refractivity contribution is 5.79. The Morgan fingerprint density at radius 2 is 1.87 bits per heavy atom. The number of fused-ring (bicyclic) bond motifs is 1. The molecule has 1 aliphatic rings. The van der Waals surface area contributed by atoms with Crippen LogP contribution < -0.4 is 0 Å². The molecule has 1 aliphatic heterocycles. The van der Waals surface area contributed by atoms with Gasteiger partial charge in [0.1, 0.15) is 5.82 Å². The Morgan fingerprint density at radius 1 is 1.13 bits per heavy atom. The molecule has 0 aliphatic carbocycles. The third-order valence-corrected chi connectivity index (χ3v) is 5.62. The average molecular weight is 402 g/mol. The Kier molecular flexibility index (Phi) is 6.41. The molecule has 6 heteroatoms. The third-order valence-electron chi connectivity index (χ3n) is 5.62. The average Bonchev–Trinajstić information content (AvgIpc) is 3.17. The Bertz CT molecular complexity index is 1030. The number of nitrogens with zero attached hydrogens (tertiary/aromatic N) is 4. The van der Waals surface area contributed by atoms with Gasteiger partial charge >= 0.3 is 0 Å². The predicted molar refractivity (Wildman–Crippen MR) is 115 cm³/mol. The largest absolute Gasteiger partial charge is 0.381 e. The molecule has 0 atom stereocenters. The number of aromatic nitrogens is 2. The molecule has 1 fully saturated rings. The van der Waals surface area contributed by atoms with Crippen LogP contribution in [0.1, 0.15) is 31.5 Å². The first kappa shape index (κ1) is 20.1. The van der Waals surface area contributed by atoms with E-state index in [9.17, 15) is 4.79 Å². The van der Waals surface area contributed by atoms with Gasteiger partial charge in [0.25, 0.3) is 0 Å². The van der Waals surface area contributed by atoms with Gasteiger partial charge in [-0.2, -0.15) is 5.26 Å². The maximum absolute atomic E-state index is 13.1. The smallest absolute Gasteiger partial charge is 0.223 e. The molecule has 1 saturated heterocycles. The summed E-state index contributed by atoms with van der Waals surface area (Å²) in [6.07, 6.45) is 2.94. The highest BCUT2D eigenvalue weighted by atomic mass is 16.5. The summed E-state index contributed by atoms with van der Waals surface area (Å²) < 4.78 is 7.58. The summed E-state index contributed by atoms with van der Waals surface area (Å²) in [6, 6.07) is 20.5. The molecule has 2 heterocycles. The van der Waals surface area contributed by atoms with Crippen molar-refractivity contribution in [3.8, 4) is 11.8 Å². The fourth-order valence-electron chi connectivity index (χ4n) is 4.15. The number of imidazole rings is 1. The molecule has 0 spiro atoms. The minimum Gasteiger partial charge on any atom is -0.381 e. The van der Waals surface area contributed by atoms with Crippen LogP contribution in [0.3, 0.4) is 0 Å². The van der Waals surface area contributed by atoms with E-state index in [1.807, 2.05) is 41.3 Å². The third kappa shape index (κ3) is 4.37.